The van der Waals surface area contributed by atoms with Crippen LogP contribution in [0.1, 0.15) is 10.5 Å². The summed E-state index contributed by atoms with van der Waals surface area (Å²) in [6.07, 6.45) is 2.02. The number of aromatic carboxylic acids is 1. The van der Waals surface area contributed by atoms with Crippen LogP contribution >= 0.6 is 0 Å². The van der Waals surface area contributed by atoms with E-state index in [1.165, 1.54) is 12.4 Å². The van der Waals surface area contributed by atoms with Gasteiger partial charge in [-0.3, -0.25) is 4.90 Å². The van der Waals surface area contributed by atoms with Crippen molar-refractivity contribution >= 4 is 11.8 Å². The molecule has 9 heteroatoms. The summed E-state index contributed by atoms with van der Waals surface area (Å²) in [7, 11) is 0. The minimum Gasteiger partial charge on any atom is -0.543 e. The van der Waals surface area contributed by atoms with Crippen LogP contribution in [0.3, 0.4) is 0 Å². The molecule has 21 heavy (non-hydrogen) atoms. The van der Waals surface area contributed by atoms with Gasteiger partial charge in [0.1, 0.15) is 5.69 Å². The molecular formula is C12H17N4NaO4. The molecule has 0 aliphatic carbocycles. The van der Waals surface area contributed by atoms with E-state index in [-0.39, 0.29) is 41.9 Å². The van der Waals surface area contributed by atoms with Gasteiger partial charge in [-0.1, -0.05) is 0 Å². The maximum atomic E-state index is 11.0. The minimum absolute atomic E-state index is 0. The largest absolute Gasteiger partial charge is 1.00 e. The number of aliphatic hydroxyl groups excluding tert-OH is 2. The van der Waals surface area contributed by atoms with E-state index in [4.69, 9.17) is 5.11 Å². The summed E-state index contributed by atoms with van der Waals surface area (Å²) < 4.78 is 0. The number of aliphatic hydroxyl groups is 2. The van der Waals surface area contributed by atoms with Crippen molar-refractivity contribution in [3.8, 4) is 0 Å². The zero-order valence-corrected chi connectivity index (χ0v) is 14.0. The maximum absolute atomic E-state index is 11.0. The van der Waals surface area contributed by atoms with Crippen LogP contribution in [-0.4, -0.2) is 76.5 Å². The molecule has 1 atom stereocenters. The summed E-state index contributed by atoms with van der Waals surface area (Å²) >= 11 is 0. The van der Waals surface area contributed by atoms with Crippen molar-refractivity contribution in [2.24, 2.45) is 0 Å². The molecule has 2 N–H and O–H groups in total. The fourth-order valence-electron chi connectivity index (χ4n) is 2.20. The van der Waals surface area contributed by atoms with Gasteiger partial charge < -0.3 is 25.0 Å². The van der Waals surface area contributed by atoms with Gasteiger partial charge in [-0.2, -0.15) is 0 Å². The summed E-state index contributed by atoms with van der Waals surface area (Å²) in [6, 6.07) is 0. The quantitative estimate of drug-likeness (QED) is 0.518. The average Bonchev–Trinajstić information content (AvgIpc) is 2.48. The van der Waals surface area contributed by atoms with Gasteiger partial charge in [0.2, 0.25) is 0 Å². The van der Waals surface area contributed by atoms with E-state index in [1.54, 1.807) is 0 Å². The van der Waals surface area contributed by atoms with Gasteiger partial charge in [0.25, 0.3) is 0 Å². The van der Waals surface area contributed by atoms with Crippen LogP contribution in [0.5, 0.6) is 0 Å². The Bertz CT molecular complexity index is 468. The summed E-state index contributed by atoms with van der Waals surface area (Å²) in [4.78, 5) is 22.7. The Morgan fingerprint density at radius 3 is 2.48 bits per heavy atom. The number of carboxylic acids is 1. The molecule has 1 aliphatic heterocycles. The molecule has 1 aromatic heterocycles. The zero-order valence-electron chi connectivity index (χ0n) is 12.0. The molecule has 0 bridgehead atoms. The van der Waals surface area contributed by atoms with Crippen LogP contribution in [0, 0.1) is 0 Å². The molecule has 1 unspecified atom stereocenters. The number of carbonyl (C=O) groups is 1. The maximum Gasteiger partial charge on any atom is 1.00 e. The third-order valence-electron chi connectivity index (χ3n) is 3.22. The van der Waals surface area contributed by atoms with Gasteiger partial charge in [-0.25, -0.2) is 9.97 Å². The third-order valence-corrected chi connectivity index (χ3v) is 3.22. The molecular weight excluding hydrogens is 287 g/mol. The number of β-amino-alcohol motifs (C(OH)–C–C–N with tert-alkyl or cyclic N) is 1. The molecule has 8 nitrogen and oxygen atoms in total. The van der Waals surface area contributed by atoms with Crippen LogP contribution in [0.4, 0.5) is 5.82 Å². The Labute approximate surface area is 144 Å². The van der Waals surface area contributed by atoms with Crippen molar-refractivity contribution in [3.05, 3.63) is 18.1 Å². The first-order valence-corrected chi connectivity index (χ1v) is 6.40. The summed E-state index contributed by atoms with van der Waals surface area (Å²) in [5.74, 6) is -1.03. The number of hydrogen-bond donors (Lipinski definition) is 2. The normalized spacial score (nSPS) is 17.1. The van der Waals surface area contributed by atoms with Crippen LogP contribution in [0.25, 0.3) is 0 Å². The molecule has 0 aromatic carbocycles. The van der Waals surface area contributed by atoms with E-state index < -0.39 is 12.1 Å². The number of carbonyl (C=O) groups excluding carboxylic acids is 1. The van der Waals surface area contributed by atoms with Gasteiger partial charge in [-0.15, -0.1) is 0 Å². The Morgan fingerprint density at radius 1 is 1.29 bits per heavy atom. The topological polar surface area (TPSA) is 113 Å². The van der Waals surface area contributed by atoms with E-state index in [0.29, 0.717) is 38.5 Å². The number of piperazine rings is 1. The predicted octanol–water partition coefficient (Wildman–Crippen LogP) is -5.68. The molecule has 0 spiro atoms. The number of anilines is 1. The van der Waals surface area contributed by atoms with E-state index >= 15 is 0 Å². The number of hydrogen-bond acceptors (Lipinski definition) is 8. The number of carboxylic acid groups (broad SMARTS) is 1. The second kappa shape index (κ2) is 8.62. The van der Waals surface area contributed by atoms with E-state index in [2.05, 4.69) is 9.97 Å². The molecule has 1 fully saturated rings. The molecule has 0 saturated carbocycles. The average molecular weight is 304 g/mol. The standard InChI is InChI=1S/C12H18N4O4.Na/c17-8-9(18)7-15-3-5-16(6-4-15)11-10(12(19)20)13-1-2-14-11;/h1-2,9,17-18H,3-8H2,(H,19,20);/q;+1/p-1. The van der Waals surface area contributed by atoms with Gasteiger partial charge in [-0.05, 0) is 0 Å². The molecule has 0 radical (unpaired) electrons. The first-order valence-electron chi connectivity index (χ1n) is 6.40. The van der Waals surface area contributed by atoms with Crippen molar-refractivity contribution in [1.82, 2.24) is 14.9 Å². The van der Waals surface area contributed by atoms with Gasteiger partial charge in [0.05, 0.1) is 18.7 Å². The smallest absolute Gasteiger partial charge is 0.543 e. The first kappa shape index (κ1) is 18.3. The molecule has 2 rings (SSSR count). The summed E-state index contributed by atoms with van der Waals surface area (Å²) in [5.41, 5.74) is -0.156. The number of aromatic nitrogens is 2. The zero-order chi connectivity index (χ0) is 14.5. The molecule has 1 saturated heterocycles. The van der Waals surface area contributed by atoms with Gasteiger partial charge >= 0.3 is 29.6 Å². The van der Waals surface area contributed by atoms with Crippen molar-refractivity contribution < 1.29 is 49.7 Å². The SMILES string of the molecule is O=C([O-])c1nccnc1N1CCN(CC(O)CO)CC1.[Na+]. The molecule has 1 aliphatic rings. The van der Waals surface area contributed by atoms with Crippen LogP contribution in [-0.2, 0) is 0 Å². The van der Waals surface area contributed by atoms with Crippen molar-refractivity contribution in [2.75, 3.05) is 44.2 Å². The van der Waals surface area contributed by atoms with Crippen molar-refractivity contribution in [3.63, 3.8) is 0 Å². The fourth-order valence-corrected chi connectivity index (χ4v) is 2.20. The van der Waals surface area contributed by atoms with Gasteiger partial charge in [0.15, 0.2) is 5.82 Å². The second-order valence-electron chi connectivity index (χ2n) is 4.64. The van der Waals surface area contributed by atoms with Gasteiger partial charge in [0, 0.05) is 45.1 Å². The molecule has 0 amide bonds. The summed E-state index contributed by atoms with van der Waals surface area (Å²) in [6.45, 7) is 2.60. The van der Waals surface area contributed by atoms with Crippen LogP contribution < -0.4 is 39.6 Å². The first-order chi connectivity index (χ1) is 9.61. The van der Waals surface area contributed by atoms with E-state index in [1.807, 2.05) is 9.80 Å². The van der Waals surface area contributed by atoms with E-state index in [9.17, 15) is 15.0 Å². The minimum atomic E-state index is -1.34. The number of rotatable bonds is 5. The Balaban J connectivity index is 0.00000220. The van der Waals surface area contributed by atoms with Crippen molar-refractivity contribution in [1.29, 1.82) is 0 Å². The Morgan fingerprint density at radius 2 is 1.90 bits per heavy atom. The second-order valence-corrected chi connectivity index (χ2v) is 4.64. The monoisotopic (exact) mass is 304 g/mol. The molecule has 110 valence electrons. The van der Waals surface area contributed by atoms with Crippen LogP contribution in [0.2, 0.25) is 0 Å². The molecule has 1 aromatic rings. The summed E-state index contributed by atoms with van der Waals surface area (Å²) in [5, 5.41) is 29.2. The van der Waals surface area contributed by atoms with Crippen molar-refractivity contribution in [2.45, 2.75) is 6.10 Å². The predicted molar refractivity (Wildman–Crippen MR) is 68.1 cm³/mol. The number of nitrogens with zero attached hydrogens (tertiary/aromatic N) is 4. The van der Waals surface area contributed by atoms with Crippen LogP contribution in [0.15, 0.2) is 12.4 Å². The Kier molecular flexibility index (Phi) is 7.50. The Hall–Kier alpha value is -0.770. The third kappa shape index (κ3) is 4.87. The molecule has 2 heterocycles. The fraction of sp³-hybridized carbons (Fsp3) is 0.583. The van der Waals surface area contributed by atoms with E-state index in [0.717, 1.165) is 0 Å².